The van der Waals surface area contributed by atoms with Crippen LogP contribution in [-0.4, -0.2) is 46.3 Å². The summed E-state index contributed by atoms with van der Waals surface area (Å²) in [6.07, 6.45) is 4.91. The fraction of sp³-hybridized carbons (Fsp3) is 0.267. The highest BCUT2D eigenvalue weighted by Crippen LogP contribution is 2.69. The third-order valence-corrected chi connectivity index (χ3v) is 12.3. The number of carbonyl (C=O) groups is 1. The second kappa shape index (κ2) is 11.6. The number of benzene rings is 5. The molecule has 2 bridgehead atoms. The van der Waals surface area contributed by atoms with Crippen LogP contribution in [0.1, 0.15) is 41.2 Å². The van der Waals surface area contributed by atoms with E-state index in [1.54, 1.807) is 0 Å². The number of para-hydroxylation sites is 1. The van der Waals surface area contributed by atoms with Gasteiger partial charge < -0.3 is 28.8 Å². The number of carbonyl (C=O) groups excluding carboxylic acids is 1. The summed E-state index contributed by atoms with van der Waals surface area (Å²) in [6.45, 7) is 3.43. The van der Waals surface area contributed by atoms with Crippen molar-refractivity contribution in [1.82, 2.24) is 9.47 Å². The van der Waals surface area contributed by atoms with Crippen LogP contribution < -0.4 is 14.2 Å². The zero-order valence-corrected chi connectivity index (χ0v) is 29.3. The van der Waals surface area contributed by atoms with Crippen molar-refractivity contribution < 1.29 is 24.1 Å². The zero-order chi connectivity index (χ0) is 35.2. The number of fused-ring (bicyclic) bond motifs is 3. The van der Waals surface area contributed by atoms with E-state index in [1.165, 1.54) is 17.9 Å². The monoisotopic (exact) mass is 688 g/mol. The molecular weight excluding hydrogens is 649 g/mol. The van der Waals surface area contributed by atoms with Crippen molar-refractivity contribution in [2.45, 2.75) is 56.1 Å². The molecule has 7 heteroatoms. The first-order chi connectivity index (χ1) is 25.4. The minimum Gasteiger partial charge on any atom is -0.489 e. The van der Waals surface area contributed by atoms with E-state index < -0.39 is 23.1 Å². The number of likely N-dealkylation sites (N-methyl/N-ethyl adjacent to an activating group) is 1. The van der Waals surface area contributed by atoms with Crippen molar-refractivity contribution >= 4 is 27.8 Å². The summed E-state index contributed by atoms with van der Waals surface area (Å²) in [5, 5.41) is 14.7. The lowest BCUT2D eigenvalue weighted by Gasteiger charge is -2.61. The van der Waals surface area contributed by atoms with Crippen LogP contribution in [0.5, 0.6) is 17.2 Å². The molecule has 1 aromatic heterocycles. The van der Waals surface area contributed by atoms with Crippen LogP contribution in [0.25, 0.3) is 21.8 Å². The van der Waals surface area contributed by atoms with Gasteiger partial charge in [-0.2, -0.15) is 0 Å². The first-order valence-electron chi connectivity index (χ1n) is 18.2. The molecule has 1 N–H and O–H groups in total. The van der Waals surface area contributed by atoms with Gasteiger partial charge in [0.15, 0.2) is 17.1 Å². The first kappa shape index (κ1) is 31.4. The molecule has 0 unspecified atom stereocenters. The molecule has 1 spiro atoms. The van der Waals surface area contributed by atoms with E-state index in [2.05, 4.69) is 101 Å². The Kier molecular flexibility index (Phi) is 6.98. The third kappa shape index (κ3) is 4.36. The molecule has 0 saturated carbocycles. The minimum atomic E-state index is -1.12. The van der Waals surface area contributed by atoms with Crippen LogP contribution in [-0.2, 0) is 35.4 Å². The number of hydrogen-bond donors (Lipinski definition) is 1. The normalized spacial score (nSPS) is 25.6. The summed E-state index contributed by atoms with van der Waals surface area (Å²) < 4.78 is 21.7. The number of aliphatic hydroxyl groups excluding tert-OH is 1. The number of aliphatic hydroxyl groups is 1. The van der Waals surface area contributed by atoms with Gasteiger partial charge in [0.1, 0.15) is 18.5 Å². The zero-order valence-electron chi connectivity index (χ0n) is 29.3. The number of piperidine rings is 1. The predicted octanol–water partition coefficient (Wildman–Crippen LogP) is 7.68. The van der Waals surface area contributed by atoms with Crippen molar-refractivity contribution in [1.29, 1.82) is 0 Å². The largest absolute Gasteiger partial charge is 0.489 e. The molecular formula is C45H40N2O5. The van der Waals surface area contributed by atoms with Gasteiger partial charge in [0.25, 0.3) is 0 Å². The van der Waals surface area contributed by atoms with Gasteiger partial charge in [0.2, 0.25) is 0 Å². The standard InChI is InChI=1S/C45H40N2O5/c1-28(48)51-40-19-15-31-24-39-36-18-20-41(49)45(44(36,21-22-46(39)2)42(31)43(40)52-45)32-16-17-35-34-13-6-7-14-37(34)47(38(35)25-32)26-30-11-8-12-33(23-30)50-27-29-9-4-3-5-10-29/h3-20,23,25,36,39,41,49H,21-22,24,26-27H2,1-2H3/t36-,39+,41-,44-,45-/m0/s1. The van der Waals surface area contributed by atoms with Crippen molar-refractivity contribution in [3.63, 3.8) is 0 Å². The molecule has 0 amide bonds. The molecule has 2 aliphatic heterocycles. The minimum absolute atomic E-state index is 0.108. The Labute approximate surface area is 302 Å². The topological polar surface area (TPSA) is 73.2 Å². The smallest absolute Gasteiger partial charge is 0.308 e. The second-order valence-electron chi connectivity index (χ2n) is 14.9. The van der Waals surface area contributed by atoms with Crippen LogP contribution in [0.2, 0.25) is 0 Å². The van der Waals surface area contributed by atoms with E-state index in [-0.39, 0.29) is 12.0 Å². The molecule has 1 fully saturated rings. The fourth-order valence-electron chi connectivity index (χ4n) is 10.1. The molecule has 7 nitrogen and oxygen atoms in total. The predicted molar refractivity (Wildman–Crippen MR) is 201 cm³/mol. The molecule has 52 heavy (non-hydrogen) atoms. The number of likely N-dealkylation sites (tertiary alicyclic amines) is 1. The molecule has 1 saturated heterocycles. The highest BCUT2D eigenvalue weighted by Gasteiger charge is 2.72. The van der Waals surface area contributed by atoms with Gasteiger partial charge in [0, 0.05) is 58.4 Å². The first-order valence-corrected chi connectivity index (χ1v) is 18.2. The van der Waals surface area contributed by atoms with E-state index in [1.807, 2.05) is 36.4 Å². The van der Waals surface area contributed by atoms with Crippen molar-refractivity contribution in [3.05, 3.63) is 149 Å². The average Bonchev–Trinajstić information content (AvgIpc) is 3.65. The van der Waals surface area contributed by atoms with Gasteiger partial charge in [0.05, 0.1) is 5.41 Å². The van der Waals surface area contributed by atoms with Crippen LogP contribution in [0.15, 0.2) is 121 Å². The van der Waals surface area contributed by atoms with Gasteiger partial charge in [-0.05, 0) is 73.5 Å². The maximum Gasteiger partial charge on any atom is 0.308 e. The molecule has 4 aliphatic rings. The molecule has 5 aromatic carbocycles. The highest BCUT2D eigenvalue weighted by atomic mass is 16.6. The van der Waals surface area contributed by atoms with E-state index >= 15 is 0 Å². The third-order valence-electron chi connectivity index (χ3n) is 12.3. The van der Waals surface area contributed by atoms with Crippen molar-refractivity contribution in [3.8, 4) is 17.2 Å². The van der Waals surface area contributed by atoms with Gasteiger partial charge in [-0.15, -0.1) is 0 Å². The Morgan fingerprint density at radius 3 is 2.56 bits per heavy atom. The number of ether oxygens (including phenoxy) is 3. The summed E-state index contributed by atoms with van der Waals surface area (Å²) in [5.74, 6) is 1.55. The summed E-state index contributed by atoms with van der Waals surface area (Å²) in [6, 6.07) is 37.9. The molecule has 3 heterocycles. The van der Waals surface area contributed by atoms with E-state index in [9.17, 15) is 9.90 Å². The molecule has 260 valence electrons. The summed E-state index contributed by atoms with van der Waals surface area (Å²) in [7, 11) is 2.21. The summed E-state index contributed by atoms with van der Waals surface area (Å²) >= 11 is 0. The van der Waals surface area contributed by atoms with Crippen LogP contribution >= 0.6 is 0 Å². The number of rotatable bonds is 7. The van der Waals surface area contributed by atoms with Crippen LogP contribution in [0, 0.1) is 5.92 Å². The molecule has 0 radical (unpaired) electrons. The molecule has 5 atom stereocenters. The van der Waals surface area contributed by atoms with E-state index in [4.69, 9.17) is 14.2 Å². The van der Waals surface area contributed by atoms with Crippen LogP contribution in [0.4, 0.5) is 0 Å². The lowest BCUT2D eigenvalue weighted by molar-refractivity contribution is -0.133. The Bertz CT molecular complexity index is 2430. The Hall–Kier alpha value is -5.37. The Balaban J connectivity index is 1.13. The summed E-state index contributed by atoms with van der Waals surface area (Å²) in [5.41, 5.74) is 6.00. The summed E-state index contributed by atoms with van der Waals surface area (Å²) in [4.78, 5) is 14.8. The number of esters is 1. The maximum atomic E-state index is 12.4. The number of nitrogens with zero attached hydrogens (tertiary/aromatic N) is 2. The van der Waals surface area contributed by atoms with Crippen LogP contribution in [0.3, 0.4) is 0 Å². The molecule has 2 aliphatic carbocycles. The second-order valence-corrected chi connectivity index (χ2v) is 14.9. The lowest BCUT2D eigenvalue weighted by atomic mass is 9.47. The van der Waals surface area contributed by atoms with Gasteiger partial charge in [-0.3, -0.25) is 4.79 Å². The SMILES string of the molecule is CC(=O)Oc1ccc2c3c1O[C@@]1(c4ccc5c6ccccc6n(Cc6cccc(OCc7ccccc7)c6)c5c4)[C@@H](O)C=C[C@H]4[C@@H](C2)N(C)CC[C@@]341. The van der Waals surface area contributed by atoms with E-state index in [0.29, 0.717) is 24.7 Å². The maximum absolute atomic E-state index is 12.4. The molecule has 6 aromatic rings. The van der Waals surface area contributed by atoms with Crippen molar-refractivity contribution in [2.75, 3.05) is 13.6 Å². The van der Waals surface area contributed by atoms with Gasteiger partial charge >= 0.3 is 5.97 Å². The Morgan fingerprint density at radius 1 is 0.885 bits per heavy atom. The molecule has 10 rings (SSSR count). The van der Waals surface area contributed by atoms with Gasteiger partial charge in [-0.1, -0.05) is 91.0 Å². The quantitative estimate of drug-likeness (QED) is 0.105. The fourth-order valence-corrected chi connectivity index (χ4v) is 10.1. The number of hydrogen-bond acceptors (Lipinski definition) is 6. The van der Waals surface area contributed by atoms with E-state index in [0.717, 1.165) is 63.8 Å². The van der Waals surface area contributed by atoms with Crippen molar-refractivity contribution in [2.24, 2.45) is 5.92 Å². The number of aromatic nitrogens is 1. The Morgan fingerprint density at radius 2 is 1.69 bits per heavy atom. The van der Waals surface area contributed by atoms with Gasteiger partial charge in [-0.25, -0.2) is 0 Å². The average molecular weight is 689 g/mol. The lowest BCUT2D eigenvalue weighted by Crippen LogP contribution is -2.69. The highest BCUT2D eigenvalue weighted by molar-refractivity contribution is 6.08.